The fourth-order valence-corrected chi connectivity index (χ4v) is 4.10. The second kappa shape index (κ2) is 11.2. The molecule has 2 heterocycles. The van der Waals surface area contributed by atoms with E-state index in [0.29, 0.717) is 16.8 Å². The molecule has 38 heavy (non-hydrogen) atoms. The van der Waals surface area contributed by atoms with Crippen LogP contribution in [0, 0.1) is 22.8 Å². The first-order valence-corrected chi connectivity index (χ1v) is 11.7. The van der Waals surface area contributed by atoms with Crippen molar-refractivity contribution in [2.24, 2.45) is 4.99 Å². The molecule has 0 saturated heterocycles. The normalized spacial score (nSPS) is 13.6. The number of amides is 1. The van der Waals surface area contributed by atoms with Crippen LogP contribution in [0.1, 0.15) is 29.7 Å². The minimum absolute atomic E-state index is 0.00273. The molecule has 0 bridgehead atoms. The van der Waals surface area contributed by atoms with Crippen LogP contribution in [0.25, 0.3) is 0 Å². The predicted molar refractivity (Wildman–Crippen MR) is 143 cm³/mol. The molecule has 0 radical (unpaired) electrons. The van der Waals surface area contributed by atoms with Crippen molar-refractivity contribution in [2.45, 2.75) is 13.0 Å². The quantitative estimate of drug-likeness (QED) is 0.223. The van der Waals surface area contributed by atoms with Crippen molar-refractivity contribution in [1.82, 2.24) is 10.3 Å². The number of nitrogens with two attached hydrogens (primary N) is 2. The fraction of sp³-hybridized carbons (Fsp3) is 0.160. The molecule has 4 rings (SSSR count). The standard InChI is InChI=1S/C25H22ClN9O3/c1-2-37-17-9-13(8-16(26)22(17)38-11-18(36)32-14-6-4-3-5-7-14)21-19-20(29)15(10-27)23(30)34-24(19)35-25(33-21)31-12-28/h3-9,21H,2,11H2,1H3,(H,32,36)(H6,29,30,31,33,34,35). The van der Waals surface area contributed by atoms with Crippen molar-refractivity contribution >= 4 is 46.5 Å². The number of rotatable bonds is 7. The number of carbonyl (C=O) groups is 1. The van der Waals surface area contributed by atoms with Crippen LogP contribution in [0.2, 0.25) is 5.02 Å². The van der Waals surface area contributed by atoms with Crippen LogP contribution in [0.4, 0.5) is 23.0 Å². The number of nitriles is 2. The van der Waals surface area contributed by atoms with Gasteiger partial charge in [0, 0.05) is 11.3 Å². The number of nitrogen functional groups attached to an aromatic ring is 2. The molecule has 0 fully saturated rings. The number of fused-ring (bicyclic) bond motifs is 1. The Bertz CT molecular complexity index is 1500. The number of pyridine rings is 1. The third-order valence-corrected chi connectivity index (χ3v) is 5.69. The van der Waals surface area contributed by atoms with Gasteiger partial charge in [-0.25, -0.2) is 9.98 Å². The molecular formula is C25H22ClN9O3. The number of nitrogens with one attached hydrogen (secondary N) is 3. The van der Waals surface area contributed by atoms with E-state index in [4.69, 9.17) is 37.8 Å². The first kappa shape index (κ1) is 25.9. The molecule has 0 aliphatic carbocycles. The molecule has 2 aromatic carbocycles. The topological polar surface area (TPSA) is 196 Å². The lowest BCUT2D eigenvalue weighted by Crippen LogP contribution is -2.32. The van der Waals surface area contributed by atoms with Gasteiger partial charge in [0.15, 0.2) is 24.3 Å². The summed E-state index contributed by atoms with van der Waals surface area (Å²) in [6.07, 6.45) is 1.79. The second-order valence-corrected chi connectivity index (χ2v) is 8.27. The molecular weight excluding hydrogens is 510 g/mol. The molecule has 1 aliphatic heterocycles. The van der Waals surface area contributed by atoms with Gasteiger partial charge in [-0.1, -0.05) is 29.8 Å². The highest BCUT2D eigenvalue weighted by Gasteiger charge is 2.31. The van der Waals surface area contributed by atoms with Gasteiger partial charge in [0.25, 0.3) is 5.91 Å². The smallest absolute Gasteiger partial charge is 0.262 e. The number of carbonyl (C=O) groups excluding carboxylic acids is 1. The number of ether oxygens (including phenoxy) is 2. The van der Waals surface area contributed by atoms with Crippen molar-refractivity contribution in [3.8, 4) is 23.8 Å². The molecule has 13 heteroatoms. The average molecular weight is 532 g/mol. The van der Waals surface area contributed by atoms with Gasteiger partial charge in [0.05, 0.1) is 17.3 Å². The summed E-state index contributed by atoms with van der Waals surface area (Å²) in [6.45, 7) is 1.74. The van der Waals surface area contributed by atoms with Gasteiger partial charge in [0.2, 0.25) is 5.96 Å². The Labute approximate surface area is 222 Å². The number of hydrogen-bond donors (Lipinski definition) is 5. The summed E-state index contributed by atoms with van der Waals surface area (Å²) < 4.78 is 11.5. The fourth-order valence-electron chi connectivity index (χ4n) is 3.83. The van der Waals surface area contributed by atoms with Gasteiger partial charge >= 0.3 is 0 Å². The van der Waals surface area contributed by atoms with E-state index < -0.39 is 6.04 Å². The first-order valence-electron chi connectivity index (χ1n) is 11.3. The van der Waals surface area contributed by atoms with Crippen LogP contribution in [0.5, 0.6) is 11.5 Å². The average Bonchev–Trinajstić information content (AvgIpc) is 2.88. The predicted octanol–water partition coefficient (Wildman–Crippen LogP) is 3.13. The maximum absolute atomic E-state index is 12.4. The zero-order valence-electron chi connectivity index (χ0n) is 20.1. The van der Waals surface area contributed by atoms with E-state index in [-0.39, 0.29) is 64.5 Å². The first-order chi connectivity index (χ1) is 18.4. The molecule has 0 saturated carbocycles. The summed E-state index contributed by atoms with van der Waals surface area (Å²) in [5, 5.41) is 26.8. The lowest BCUT2D eigenvalue weighted by Gasteiger charge is -2.27. The third kappa shape index (κ3) is 5.31. The van der Waals surface area contributed by atoms with Gasteiger partial charge in [0.1, 0.15) is 29.3 Å². The van der Waals surface area contributed by atoms with Crippen molar-refractivity contribution in [1.29, 1.82) is 10.5 Å². The minimum Gasteiger partial charge on any atom is -0.490 e. The molecule has 192 valence electrons. The summed E-state index contributed by atoms with van der Waals surface area (Å²) in [7, 11) is 0. The van der Waals surface area contributed by atoms with Crippen LogP contribution >= 0.6 is 11.6 Å². The molecule has 7 N–H and O–H groups in total. The van der Waals surface area contributed by atoms with Crippen molar-refractivity contribution in [2.75, 3.05) is 35.3 Å². The van der Waals surface area contributed by atoms with Gasteiger partial charge in [-0.05, 0) is 36.8 Å². The van der Waals surface area contributed by atoms with E-state index in [2.05, 4.69) is 25.9 Å². The molecule has 3 aromatic rings. The Morgan fingerprint density at radius 2 is 1.97 bits per heavy atom. The van der Waals surface area contributed by atoms with Gasteiger partial charge in [-0.3, -0.25) is 10.1 Å². The maximum atomic E-state index is 12.4. The summed E-state index contributed by atoms with van der Waals surface area (Å²) >= 11 is 6.59. The Hall–Kier alpha value is -5.20. The number of halogens is 1. The Balaban J connectivity index is 1.71. The van der Waals surface area contributed by atoms with E-state index in [1.807, 2.05) is 12.1 Å². The van der Waals surface area contributed by atoms with Gasteiger partial charge in [-0.15, -0.1) is 0 Å². The Morgan fingerprint density at radius 1 is 1.21 bits per heavy atom. The summed E-state index contributed by atoms with van der Waals surface area (Å²) in [6, 6.07) is 13.3. The second-order valence-electron chi connectivity index (χ2n) is 7.87. The number of aliphatic imine (C=N–C) groups is 1. The van der Waals surface area contributed by atoms with Gasteiger partial charge < -0.3 is 31.6 Å². The number of aromatic nitrogens is 1. The molecule has 1 aliphatic rings. The highest BCUT2D eigenvalue weighted by molar-refractivity contribution is 6.32. The molecule has 0 spiro atoms. The van der Waals surface area contributed by atoms with Gasteiger partial charge in [-0.2, -0.15) is 10.5 Å². The summed E-state index contributed by atoms with van der Waals surface area (Å²) in [5.74, 6) is 0.282. The van der Waals surface area contributed by atoms with Crippen LogP contribution in [0.3, 0.4) is 0 Å². The number of para-hydroxylation sites is 1. The van der Waals surface area contributed by atoms with Crippen molar-refractivity contribution in [3.05, 3.63) is 64.2 Å². The largest absolute Gasteiger partial charge is 0.490 e. The lowest BCUT2D eigenvalue weighted by atomic mass is 9.95. The van der Waals surface area contributed by atoms with E-state index in [0.717, 1.165) is 0 Å². The number of hydrogen-bond acceptors (Lipinski definition) is 11. The zero-order valence-corrected chi connectivity index (χ0v) is 20.8. The molecule has 1 amide bonds. The molecule has 1 unspecified atom stereocenters. The number of benzene rings is 2. The van der Waals surface area contributed by atoms with E-state index in [1.165, 1.54) is 0 Å². The van der Waals surface area contributed by atoms with Crippen LogP contribution in [-0.2, 0) is 4.79 Å². The molecule has 1 aromatic heterocycles. The summed E-state index contributed by atoms with van der Waals surface area (Å²) in [4.78, 5) is 21.2. The minimum atomic E-state index is -0.838. The SMILES string of the molecule is CCOc1cc(C2N=C(NC#N)Nc3nc(N)c(C#N)c(N)c32)cc(Cl)c1OCC(=O)Nc1ccccc1. The van der Waals surface area contributed by atoms with Crippen LogP contribution in [-0.4, -0.2) is 30.1 Å². The van der Waals surface area contributed by atoms with Crippen molar-refractivity contribution < 1.29 is 14.3 Å². The number of guanidine groups is 1. The molecule has 12 nitrogen and oxygen atoms in total. The Morgan fingerprint density at radius 3 is 2.66 bits per heavy atom. The lowest BCUT2D eigenvalue weighted by molar-refractivity contribution is -0.118. The Kier molecular flexibility index (Phi) is 7.66. The maximum Gasteiger partial charge on any atom is 0.262 e. The highest BCUT2D eigenvalue weighted by atomic mass is 35.5. The monoisotopic (exact) mass is 531 g/mol. The third-order valence-electron chi connectivity index (χ3n) is 5.41. The van der Waals surface area contributed by atoms with Crippen molar-refractivity contribution in [3.63, 3.8) is 0 Å². The number of anilines is 4. The zero-order chi connectivity index (χ0) is 27.2. The van der Waals surface area contributed by atoms with Crippen LogP contribution < -0.4 is 36.9 Å². The number of nitrogens with zero attached hydrogens (tertiary/aromatic N) is 4. The van der Waals surface area contributed by atoms with E-state index in [9.17, 15) is 10.1 Å². The van der Waals surface area contributed by atoms with E-state index in [1.54, 1.807) is 49.5 Å². The summed E-state index contributed by atoms with van der Waals surface area (Å²) in [5.41, 5.74) is 13.8. The highest BCUT2D eigenvalue weighted by Crippen LogP contribution is 2.45. The molecule has 1 atom stereocenters. The van der Waals surface area contributed by atoms with Crippen LogP contribution in [0.15, 0.2) is 47.5 Å². The van der Waals surface area contributed by atoms with E-state index >= 15 is 0 Å².